The Morgan fingerprint density at radius 2 is 1.63 bits per heavy atom. The van der Waals surface area contributed by atoms with Crippen molar-refractivity contribution in [3.63, 3.8) is 0 Å². The minimum Gasteiger partial charge on any atom is -0.481 e. The number of benzene rings is 1. The van der Waals surface area contributed by atoms with Crippen LogP contribution in [0.15, 0.2) is 29.1 Å². The summed E-state index contributed by atoms with van der Waals surface area (Å²) in [6.07, 6.45) is -1.63. The topological polar surface area (TPSA) is 345 Å². The van der Waals surface area contributed by atoms with Crippen molar-refractivity contribution < 1.29 is 48.9 Å². The fraction of sp³-hybridized carbons (Fsp3) is 0.452. The molecule has 1 aromatic heterocycles. The number of nitrogens with two attached hydrogens (primary N) is 2. The molecule has 5 atom stereocenters. The highest BCUT2D eigenvalue weighted by atomic mass is 32.1. The third-order valence-corrected chi connectivity index (χ3v) is 8.67. The highest BCUT2D eigenvalue weighted by Gasteiger charge is 2.31. The van der Waals surface area contributed by atoms with E-state index in [9.17, 15) is 43.5 Å². The summed E-state index contributed by atoms with van der Waals surface area (Å²) in [5.74, 6) is -7.82. The van der Waals surface area contributed by atoms with Gasteiger partial charge in [-0.2, -0.15) is 17.6 Å². The Labute approximate surface area is 312 Å². The number of carbonyl (C=O) groups is 7. The number of aromatic nitrogens is 2. The minimum atomic E-state index is -1.69. The van der Waals surface area contributed by atoms with Crippen molar-refractivity contribution in [2.24, 2.45) is 5.73 Å². The summed E-state index contributed by atoms with van der Waals surface area (Å²) >= 11 is 3.80. The molecule has 4 amide bonds. The second-order valence-electron chi connectivity index (χ2n) is 12.3. The minimum absolute atomic E-state index is 0.00268. The number of hydrogen-bond acceptors (Lipinski definition) is 15. The smallest absolute Gasteiger partial charge is 0.327 e. The van der Waals surface area contributed by atoms with E-state index in [2.05, 4.69) is 49.2 Å². The number of carboxylic acids is 3. The van der Waals surface area contributed by atoms with Gasteiger partial charge in [-0.3, -0.25) is 33.8 Å². The van der Waals surface area contributed by atoms with Crippen LogP contribution in [0.2, 0.25) is 0 Å². The lowest BCUT2D eigenvalue weighted by Crippen LogP contribution is -2.57. The van der Waals surface area contributed by atoms with E-state index in [1.54, 1.807) is 19.2 Å². The largest absolute Gasteiger partial charge is 0.481 e. The van der Waals surface area contributed by atoms with E-state index in [0.29, 0.717) is 24.6 Å². The van der Waals surface area contributed by atoms with Crippen LogP contribution in [-0.4, -0.2) is 137 Å². The molecule has 54 heavy (non-hydrogen) atoms. The number of likely N-dealkylation sites (N-methyl/N-ethyl adjacent to an activating group) is 2. The Balaban J connectivity index is 1.49. The van der Waals surface area contributed by atoms with Gasteiger partial charge in [0.25, 0.3) is 11.5 Å². The molecule has 1 aromatic carbocycles. The molecule has 23 heteroatoms. The first-order chi connectivity index (χ1) is 25.4. The number of nitrogen functional groups attached to an aromatic ring is 1. The van der Waals surface area contributed by atoms with Crippen LogP contribution in [-0.2, 0) is 28.8 Å². The van der Waals surface area contributed by atoms with E-state index in [0.717, 1.165) is 5.69 Å². The average Bonchev–Trinajstić information content (AvgIpc) is 3.11. The zero-order chi connectivity index (χ0) is 40.3. The molecule has 1 aliphatic rings. The maximum Gasteiger partial charge on any atom is 0.327 e. The van der Waals surface area contributed by atoms with Gasteiger partial charge in [0.05, 0.1) is 12.5 Å². The van der Waals surface area contributed by atoms with Crippen LogP contribution in [0.1, 0.15) is 29.6 Å². The predicted molar refractivity (Wildman–Crippen MR) is 196 cm³/mol. The first-order valence-corrected chi connectivity index (χ1v) is 16.9. The predicted octanol–water partition coefficient (Wildman–Crippen LogP) is -3.42. The number of aliphatic carboxylic acids is 3. The highest BCUT2D eigenvalue weighted by Crippen LogP contribution is 2.26. The molecule has 0 bridgehead atoms. The van der Waals surface area contributed by atoms with Gasteiger partial charge >= 0.3 is 17.9 Å². The van der Waals surface area contributed by atoms with Crippen molar-refractivity contribution in [1.29, 1.82) is 0 Å². The number of H-pyrrole nitrogens is 1. The molecule has 1 aliphatic heterocycles. The molecule has 1 unspecified atom stereocenters. The molecule has 0 spiro atoms. The number of aromatic amines is 1. The van der Waals surface area contributed by atoms with Gasteiger partial charge in [0, 0.05) is 57.2 Å². The number of anilines is 4. The van der Waals surface area contributed by atoms with Crippen molar-refractivity contribution in [2.45, 2.75) is 49.5 Å². The van der Waals surface area contributed by atoms with Gasteiger partial charge in [0.1, 0.15) is 29.9 Å². The van der Waals surface area contributed by atoms with Gasteiger partial charge in [-0.05, 0) is 30.7 Å². The lowest BCUT2D eigenvalue weighted by molar-refractivity contribution is -0.143. The summed E-state index contributed by atoms with van der Waals surface area (Å²) in [5.41, 5.74) is 12.3. The number of rotatable bonds is 19. The van der Waals surface area contributed by atoms with Gasteiger partial charge in [-0.15, -0.1) is 0 Å². The number of hydrogen-bond donors (Lipinski definition) is 12. The number of fused-ring (bicyclic) bond motifs is 1. The van der Waals surface area contributed by atoms with E-state index in [1.165, 1.54) is 12.1 Å². The fourth-order valence-electron chi connectivity index (χ4n) is 5.24. The number of carbonyl (C=O) groups excluding carboxylic acids is 4. The number of carboxylic acid groups (broad SMARTS) is 3. The van der Waals surface area contributed by atoms with E-state index < -0.39 is 85.1 Å². The molecular formula is C31H43N11O11S. The third kappa shape index (κ3) is 11.7. The molecule has 2 aromatic rings. The standard InChI is InChI=1S/C31H43N11O11S/c1-41(12-16-10-35-24-23(42(16)2)28(49)40-31(33)39-24)15-5-3-14(4-6-15)25(46)36-18(29(50)51)7-8-21(43)34-11-17(32)26(47)37-19(9-22(44)45)27(48)38-20(13-54)30(52)53/h3-6,16-20,54H,7-13,32H2,1-2H3,(H,34,43)(H,36,46)(H,37,47)(H,38,48)(H,44,45)(H,50,51)(H,52,53)(H4,33,35,39,40,49)/t16?,17-,18-,19-,20-/m0/s1. The summed E-state index contributed by atoms with van der Waals surface area (Å²) in [6.45, 7) is 0.465. The van der Waals surface area contributed by atoms with Gasteiger partial charge in [0.15, 0.2) is 5.82 Å². The number of thiol groups is 1. The molecule has 0 radical (unpaired) electrons. The average molecular weight is 778 g/mol. The summed E-state index contributed by atoms with van der Waals surface area (Å²) in [5, 5.41) is 39.9. The van der Waals surface area contributed by atoms with Gasteiger partial charge in [-0.25, -0.2) is 9.59 Å². The Morgan fingerprint density at radius 1 is 1.00 bits per heavy atom. The summed E-state index contributed by atoms with van der Waals surface area (Å²) in [4.78, 5) is 107. The van der Waals surface area contributed by atoms with E-state index in [1.807, 2.05) is 16.8 Å². The first-order valence-electron chi connectivity index (χ1n) is 16.3. The lowest BCUT2D eigenvalue weighted by atomic mass is 10.1. The molecule has 294 valence electrons. The number of amides is 4. The second kappa shape index (κ2) is 19.1. The highest BCUT2D eigenvalue weighted by molar-refractivity contribution is 7.80. The maximum atomic E-state index is 12.9. The van der Waals surface area contributed by atoms with Crippen molar-refractivity contribution in [1.82, 2.24) is 31.2 Å². The van der Waals surface area contributed by atoms with Crippen LogP contribution < -0.4 is 53.4 Å². The molecule has 0 aliphatic carbocycles. The molecule has 13 N–H and O–H groups in total. The van der Waals surface area contributed by atoms with Crippen molar-refractivity contribution in [3.8, 4) is 0 Å². The Hall–Kier alpha value is -6.10. The van der Waals surface area contributed by atoms with Crippen LogP contribution in [0.3, 0.4) is 0 Å². The molecule has 22 nitrogen and oxygen atoms in total. The van der Waals surface area contributed by atoms with Crippen molar-refractivity contribution in [3.05, 3.63) is 40.2 Å². The normalized spacial score (nSPS) is 15.6. The van der Waals surface area contributed by atoms with Gasteiger partial charge in [0.2, 0.25) is 23.7 Å². The summed E-state index contributed by atoms with van der Waals surface area (Å²) in [6, 6.07) is 0.123. The monoisotopic (exact) mass is 777 g/mol. The van der Waals surface area contributed by atoms with Crippen molar-refractivity contribution in [2.75, 3.05) is 60.3 Å². The Morgan fingerprint density at radius 3 is 2.22 bits per heavy atom. The zero-order valence-electron chi connectivity index (χ0n) is 29.2. The molecule has 0 fully saturated rings. The quantitative estimate of drug-likeness (QED) is 0.0618. The summed E-state index contributed by atoms with van der Waals surface area (Å²) < 4.78 is 0. The Bertz CT molecular complexity index is 1790. The van der Waals surface area contributed by atoms with Crippen LogP contribution in [0.25, 0.3) is 0 Å². The SMILES string of the molecule is CN(CC1CNc2nc(N)[nH]c(=O)c2N1C)c1ccc(C(=O)N[C@@H](CCC(=O)NC[C@H](N)C(=O)N[C@@H](CC(=O)O)C(=O)N[C@@H](CS)C(=O)O)C(=O)O)cc1. The third-order valence-electron chi connectivity index (χ3n) is 8.30. The number of nitrogens with zero attached hydrogens (tertiary/aromatic N) is 3. The van der Waals surface area contributed by atoms with Gasteiger partial charge in [-0.1, -0.05) is 0 Å². The lowest BCUT2D eigenvalue weighted by Gasteiger charge is -2.37. The van der Waals surface area contributed by atoms with Crippen LogP contribution in [0, 0.1) is 0 Å². The Kier molecular flexibility index (Phi) is 15.0. The number of nitrogens with one attached hydrogen (secondary N) is 6. The van der Waals surface area contributed by atoms with Crippen LogP contribution in [0.5, 0.6) is 0 Å². The first kappa shape index (κ1) is 42.3. The van der Waals surface area contributed by atoms with E-state index in [-0.39, 0.29) is 35.3 Å². The second-order valence-corrected chi connectivity index (χ2v) is 12.6. The van der Waals surface area contributed by atoms with E-state index >= 15 is 0 Å². The van der Waals surface area contributed by atoms with E-state index in [4.69, 9.17) is 21.7 Å². The maximum absolute atomic E-state index is 12.9. The molecule has 0 saturated carbocycles. The fourth-order valence-corrected chi connectivity index (χ4v) is 5.49. The van der Waals surface area contributed by atoms with Crippen molar-refractivity contribution >= 4 is 77.3 Å². The van der Waals surface area contributed by atoms with Crippen LogP contribution >= 0.6 is 12.6 Å². The molecule has 2 heterocycles. The molecule has 0 saturated heterocycles. The van der Waals surface area contributed by atoms with Gasteiger partial charge < -0.3 is 63.2 Å². The zero-order valence-corrected chi connectivity index (χ0v) is 30.1. The van der Waals surface area contributed by atoms with Crippen LogP contribution in [0.4, 0.5) is 23.1 Å². The molecule has 3 rings (SSSR count). The molecular weight excluding hydrogens is 734 g/mol. The summed E-state index contributed by atoms with van der Waals surface area (Å²) in [7, 11) is 3.60.